The summed E-state index contributed by atoms with van der Waals surface area (Å²) in [5, 5.41) is 0. The second kappa shape index (κ2) is 5.41. The molecule has 0 aromatic heterocycles. The van der Waals surface area contributed by atoms with Crippen molar-refractivity contribution in [1.82, 2.24) is 4.90 Å². The van der Waals surface area contributed by atoms with Crippen molar-refractivity contribution in [3.05, 3.63) is 35.4 Å². The molecule has 2 rings (SSSR count). The van der Waals surface area contributed by atoms with Crippen LogP contribution in [0.25, 0.3) is 0 Å². The molecule has 0 radical (unpaired) electrons. The van der Waals surface area contributed by atoms with Crippen molar-refractivity contribution < 1.29 is 0 Å². The molecule has 2 N–H and O–H groups in total. The summed E-state index contributed by atoms with van der Waals surface area (Å²) in [6, 6.07) is 8.91. The topological polar surface area (TPSA) is 29.3 Å². The van der Waals surface area contributed by atoms with E-state index in [1.807, 2.05) is 0 Å². The van der Waals surface area contributed by atoms with Gasteiger partial charge >= 0.3 is 0 Å². The Morgan fingerprint density at radius 2 is 1.94 bits per heavy atom. The fourth-order valence-corrected chi connectivity index (χ4v) is 3.08. The average molecular weight is 246 g/mol. The third kappa shape index (κ3) is 3.12. The van der Waals surface area contributed by atoms with Crippen LogP contribution in [-0.2, 0) is 6.54 Å². The van der Waals surface area contributed by atoms with E-state index in [4.69, 9.17) is 5.73 Å². The van der Waals surface area contributed by atoms with Gasteiger partial charge in [0.15, 0.2) is 0 Å². The first-order valence-corrected chi connectivity index (χ1v) is 7.02. The van der Waals surface area contributed by atoms with Crippen molar-refractivity contribution in [1.29, 1.82) is 0 Å². The third-order valence-corrected chi connectivity index (χ3v) is 4.19. The highest BCUT2D eigenvalue weighted by Gasteiger charge is 2.37. The Labute approximate surface area is 111 Å². The van der Waals surface area contributed by atoms with Crippen molar-refractivity contribution in [3.8, 4) is 0 Å². The van der Waals surface area contributed by atoms with Gasteiger partial charge in [-0.2, -0.15) is 0 Å². The van der Waals surface area contributed by atoms with Gasteiger partial charge in [-0.3, -0.25) is 4.90 Å². The number of rotatable bonds is 4. The first-order valence-electron chi connectivity index (χ1n) is 7.02. The number of nitrogens with zero attached hydrogens (tertiary/aromatic N) is 1. The number of benzene rings is 1. The van der Waals surface area contributed by atoms with Crippen molar-refractivity contribution in [2.24, 2.45) is 11.7 Å². The SMILES string of the molecule is Cc1ccc(CN2CC(CCN)CC2(C)C)cc1. The van der Waals surface area contributed by atoms with E-state index in [0.717, 1.165) is 25.4 Å². The normalized spacial score (nSPS) is 23.4. The van der Waals surface area contributed by atoms with Crippen LogP contribution in [0.3, 0.4) is 0 Å². The quantitative estimate of drug-likeness (QED) is 0.885. The fourth-order valence-electron chi connectivity index (χ4n) is 3.08. The summed E-state index contributed by atoms with van der Waals surface area (Å²) in [6.07, 6.45) is 2.43. The minimum Gasteiger partial charge on any atom is -0.330 e. The molecule has 0 aliphatic carbocycles. The second-order valence-electron chi connectivity index (χ2n) is 6.33. The summed E-state index contributed by atoms with van der Waals surface area (Å²) in [6.45, 7) is 9.93. The predicted molar refractivity (Wildman–Crippen MR) is 77.4 cm³/mol. The van der Waals surface area contributed by atoms with Crippen molar-refractivity contribution >= 4 is 0 Å². The Balaban J connectivity index is 2.02. The van der Waals surface area contributed by atoms with Gasteiger partial charge in [0.25, 0.3) is 0 Å². The Hall–Kier alpha value is -0.860. The number of aryl methyl sites for hydroxylation is 1. The Morgan fingerprint density at radius 3 is 2.56 bits per heavy atom. The molecule has 1 heterocycles. The smallest absolute Gasteiger partial charge is 0.0239 e. The maximum atomic E-state index is 5.69. The minimum absolute atomic E-state index is 0.310. The molecule has 2 heteroatoms. The van der Waals surface area contributed by atoms with Crippen LogP contribution in [0.1, 0.15) is 37.8 Å². The van der Waals surface area contributed by atoms with Gasteiger partial charge in [0.05, 0.1) is 0 Å². The monoisotopic (exact) mass is 246 g/mol. The second-order valence-corrected chi connectivity index (χ2v) is 6.33. The van der Waals surface area contributed by atoms with E-state index in [-0.39, 0.29) is 0 Å². The van der Waals surface area contributed by atoms with E-state index < -0.39 is 0 Å². The molecule has 1 aliphatic heterocycles. The molecule has 2 nitrogen and oxygen atoms in total. The van der Waals surface area contributed by atoms with Gasteiger partial charge in [0.1, 0.15) is 0 Å². The summed E-state index contributed by atoms with van der Waals surface area (Å²) in [5.41, 5.74) is 8.76. The molecule has 18 heavy (non-hydrogen) atoms. The molecule has 1 fully saturated rings. The third-order valence-electron chi connectivity index (χ3n) is 4.19. The average Bonchev–Trinajstić information content (AvgIpc) is 2.57. The largest absolute Gasteiger partial charge is 0.330 e. The van der Waals surface area contributed by atoms with Gasteiger partial charge in [0.2, 0.25) is 0 Å². The zero-order valence-electron chi connectivity index (χ0n) is 11.9. The maximum absolute atomic E-state index is 5.69. The Kier molecular flexibility index (Phi) is 4.08. The van der Waals surface area contributed by atoms with Crippen LogP contribution in [0.5, 0.6) is 0 Å². The van der Waals surface area contributed by atoms with Gasteiger partial charge in [0, 0.05) is 18.6 Å². The summed E-state index contributed by atoms with van der Waals surface area (Å²) < 4.78 is 0. The van der Waals surface area contributed by atoms with Crippen LogP contribution in [0.15, 0.2) is 24.3 Å². The lowest BCUT2D eigenvalue weighted by Crippen LogP contribution is -2.37. The number of nitrogens with two attached hydrogens (primary N) is 1. The molecule has 1 aromatic rings. The van der Waals surface area contributed by atoms with Crippen LogP contribution in [0.2, 0.25) is 0 Å². The van der Waals surface area contributed by atoms with E-state index in [1.165, 1.54) is 24.1 Å². The van der Waals surface area contributed by atoms with E-state index in [2.05, 4.69) is 49.9 Å². The van der Waals surface area contributed by atoms with Gasteiger partial charge < -0.3 is 5.73 Å². The standard InChI is InChI=1S/C16H26N2/c1-13-4-6-14(7-5-13)11-18-12-15(8-9-17)10-16(18,2)3/h4-7,15H,8-12,17H2,1-3H3. The molecule has 0 saturated carbocycles. The summed E-state index contributed by atoms with van der Waals surface area (Å²) in [5.74, 6) is 0.774. The molecule has 100 valence electrons. The highest BCUT2D eigenvalue weighted by Crippen LogP contribution is 2.35. The van der Waals surface area contributed by atoms with Crippen LogP contribution in [0.4, 0.5) is 0 Å². The number of likely N-dealkylation sites (tertiary alicyclic amines) is 1. The predicted octanol–water partition coefficient (Wildman–Crippen LogP) is 2.94. The maximum Gasteiger partial charge on any atom is 0.0239 e. The molecule has 0 amide bonds. The Bertz CT molecular complexity index is 381. The zero-order valence-corrected chi connectivity index (χ0v) is 11.9. The number of hydrogen-bond acceptors (Lipinski definition) is 2. The fraction of sp³-hybridized carbons (Fsp3) is 0.625. The molecule has 0 bridgehead atoms. The number of hydrogen-bond donors (Lipinski definition) is 1. The van der Waals surface area contributed by atoms with Crippen molar-refractivity contribution in [3.63, 3.8) is 0 Å². The van der Waals surface area contributed by atoms with Gasteiger partial charge in [-0.25, -0.2) is 0 Å². The van der Waals surface area contributed by atoms with Gasteiger partial charge in [-0.15, -0.1) is 0 Å². The molecule has 1 saturated heterocycles. The first-order chi connectivity index (χ1) is 8.51. The van der Waals surface area contributed by atoms with E-state index in [1.54, 1.807) is 0 Å². The lowest BCUT2D eigenvalue weighted by molar-refractivity contribution is 0.166. The van der Waals surface area contributed by atoms with Crippen LogP contribution >= 0.6 is 0 Å². The molecule has 1 unspecified atom stereocenters. The molecule has 1 aliphatic rings. The first kappa shape index (κ1) is 13.6. The molecular weight excluding hydrogens is 220 g/mol. The summed E-state index contributed by atoms with van der Waals surface area (Å²) in [7, 11) is 0. The lowest BCUT2D eigenvalue weighted by atomic mass is 9.94. The van der Waals surface area contributed by atoms with E-state index >= 15 is 0 Å². The lowest BCUT2D eigenvalue weighted by Gasteiger charge is -2.31. The Morgan fingerprint density at radius 1 is 1.28 bits per heavy atom. The highest BCUT2D eigenvalue weighted by atomic mass is 15.2. The molecule has 1 aromatic carbocycles. The van der Waals surface area contributed by atoms with Crippen LogP contribution < -0.4 is 5.73 Å². The molecule has 0 spiro atoms. The molecule has 1 atom stereocenters. The van der Waals surface area contributed by atoms with Crippen molar-refractivity contribution in [2.45, 2.75) is 45.7 Å². The van der Waals surface area contributed by atoms with Crippen molar-refractivity contribution in [2.75, 3.05) is 13.1 Å². The van der Waals surface area contributed by atoms with E-state index in [0.29, 0.717) is 5.54 Å². The van der Waals surface area contributed by atoms with Gasteiger partial charge in [-0.05, 0) is 51.6 Å². The van der Waals surface area contributed by atoms with Crippen LogP contribution in [0, 0.1) is 12.8 Å². The highest BCUT2D eigenvalue weighted by molar-refractivity contribution is 5.21. The zero-order chi connectivity index (χ0) is 13.2. The molecular formula is C16H26N2. The minimum atomic E-state index is 0.310. The van der Waals surface area contributed by atoms with E-state index in [9.17, 15) is 0 Å². The summed E-state index contributed by atoms with van der Waals surface area (Å²) in [4.78, 5) is 2.61. The summed E-state index contributed by atoms with van der Waals surface area (Å²) >= 11 is 0. The van der Waals surface area contributed by atoms with Crippen LogP contribution in [-0.4, -0.2) is 23.5 Å². The van der Waals surface area contributed by atoms with Gasteiger partial charge in [-0.1, -0.05) is 29.8 Å².